The van der Waals surface area contributed by atoms with Gasteiger partial charge in [0.05, 0.1) is 0 Å². The molecule has 1 saturated heterocycles. The highest BCUT2D eigenvalue weighted by Gasteiger charge is 2.68. The third-order valence-electron chi connectivity index (χ3n) is 7.28. The summed E-state index contributed by atoms with van der Waals surface area (Å²) in [6.07, 6.45) is 9.60. The molecule has 1 aromatic carbocycles. The Hall–Kier alpha value is -2.16. The number of ketones is 1. The van der Waals surface area contributed by atoms with E-state index in [-0.39, 0.29) is 23.3 Å². The van der Waals surface area contributed by atoms with E-state index in [4.69, 9.17) is 0 Å². The predicted molar refractivity (Wildman–Crippen MR) is 102 cm³/mol. The van der Waals surface area contributed by atoms with E-state index in [1.165, 1.54) is 0 Å². The van der Waals surface area contributed by atoms with Crippen molar-refractivity contribution >= 4 is 11.7 Å². The molecule has 0 aromatic heterocycles. The number of hydrogen-bond acceptors (Lipinski definition) is 2. The molecule has 1 amide bonds. The molecule has 136 valence electrons. The summed E-state index contributed by atoms with van der Waals surface area (Å²) < 4.78 is 0. The number of allylic oxidation sites excluding steroid dienone is 3. The molecule has 0 bridgehead atoms. The summed E-state index contributed by atoms with van der Waals surface area (Å²) in [5, 5.41) is 0. The fourth-order valence-corrected chi connectivity index (χ4v) is 5.91. The van der Waals surface area contributed by atoms with E-state index >= 15 is 0 Å². The number of nitrogens with zero attached hydrogens (tertiary/aromatic N) is 1. The third kappa shape index (κ3) is 2.19. The van der Waals surface area contributed by atoms with Crippen molar-refractivity contribution < 1.29 is 9.59 Å². The van der Waals surface area contributed by atoms with Gasteiger partial charge in [-0.05, 0) is 31.2 Å². The highest BCUT2D eigenvalue weighted by atomic mass is 16.2. The molecule has 1 saturated carbocycles. The second-order valence-corrected chi connectivity index (χ2v) is 8.25. The van der Waals surface area contributed by atoms with Crippen molar-refractivity contribution in [2.45, 2.75) is 51.6 Å². The van der Waals surface area contributed by atoms with Crippen LogP contribution in [0.25, 0.3) is 0 Å². The predicted octanol–water partition coefficient (Wildman–Crippen LogP) is 4.30. The maximum absolute atomic E-state index is 13.5. The van der Waals surface area contributed by atoms with Gasteiger partial charge in [0, 0.05) is 35.8 Å². The van der Waals surface area contributed by atoms with Gasteiger partial charge in [-0.3, -0.25) is 9.59 Å². The lowest BCUT2D eigenvalue weighted by Gasteiger charge is -2.53. The summed E-state index contributed by atoms with van der Waals surface area (Å²) in [7, 11) is 0. The number of Topliss-reactive ketones (excluding diaryl/α,β-unsaturated/α-hetero) is 1. The fourth-order valence-electron chi connectivity index (χ4n) is 5.91. The molecule has 2 fully saturated rings. The molecule has 1 aliphatic heterocycles. The number of hydrogen-bond donors (Lipinski definition) is 0. The van der Waals surface area contributed by atoms with E-state index in [2.05, 4.69) is 42.7 Å². The van der Waals surface area contributed by atoms with Crippen LogP contribution < -0.4 is 0 Å². The fraction of sp³-hybridized carbons (Fsp3) is 0.478. The van der Waals surface area contributed by atoms with Gasteiger partial charge in [-0.25, -0.2) is 0 Å². The van der Waals surface area contributed by atoms with Crippen LogP contribution in [0.1, 0.15) is 44.6 Å². The van der Waals surface area contributed by atoms with Gasteiger partial charge in [-0.15, -0.1) is 6.58 Å². The van der Waals surface area contributed by atoms with E-state index < -0.39 is 5.41 Å². The van der Waals surface area contributed by atoms with Gasteiger partial charge in [0.25, 0.3) is 0 Å². The SMILES string of the molecule is C=CC[C@]12CC=CC[C@@H]3C(=O)N(Cc4ccccc4)[C@H](CCC1=O)[C@@]32C. The molecule has 1 heterocycles. The van der Waals surface area contributed by atoms with Crippen LogP contribution in [0.2, 0.25) is 0 Å². The minimum atomic E-state index is -0.490. The van der Waals surface area contributed by atoms with Crippen LogP contribution in [0.15, 0.2) is 55.1 Å². The molecule has 3 aliphatic rings. The molecule has 3 heteroatoms. The van der Waals surface area contributed by atoms with Gasteiger partial charge < -0.3 is 4.90 Å². The van der Waals surface area contributed by atoms with Crippen molar-refractivity contribution in [3.63, 3.8) is 0 Å². The first-order chi connectivity index (χ1) is 12.5. The topological polar surface area (TPSA) is 37.4 Å². The van der Waals surface area contributed by atoms with Crippen LogP contribution >= 0.6 is 0 Å². The number of carbonyl (C=O) groups excluding carboxylic acids is 2. The molecule has 0 unspecified atom stereocenters. The van der Waals surface area contributed by atoms with Gasteiger partial charge in [0.2, 0.25) is 5.91 Å². The van der Waals surface area contributed by atoms with Gasteiger partial charge in [-0.1, -0.05) is 55.5 Å². The summed E-state index contributed by atoms with van der Waals surface area (Å²) in [6.45, 7) is 6.78. The highest BCUT2D eigenvalue weighted by Crippen LogP contribution is 2.63. The van der Waals surface area contributed by atoms with E-state index in [1.807, 2.05) is 24.3 Å². The van der Waals surface area contributed by atoms with E-state index in [0.717, 1.165) is 24.8 Å². The van der Waals surface area contributed by atoms with Crippen molar-refractivity contribution in [1.29, 1.82) is 0 Å². The van der Waals surface area contributed by atoms with Crippen molar-refractivity contribution in [2.75, 3.05) is 0 Å². The van der Waals surface area contributed by atoms with Crippen LogP contribution in [0.4, 0.5) is 0 Å². The van der Waals surface area contributed by atoms with Crippen molar-refractivity contribution in [2.24, 2.45) is 16.7 Å². The minimum absolute atomic E-state index is 0.112. The number of benzene rings is 1. The molecule has 1 aromatic rings. The molecule has 4 rings (SSSR count). The Labute approximate surface area is 155 Å². The van der Waals surface area contributed by atoms with Gasteiger partial charge in [0.15, 0.2) is 0 Å². The number of amides is 1. The average molecular weight is 349 g/mol. The minimum Gasteiger partial charge on any atom is -0.334 e. The van der Waals surface area contributed by atoms with E-state index in [0.29, 0.717) is 25.2 Å². The Kier molecular flexibility index (Phi) is 4.13. The van der Waals surface area contributed by atoms with Crippen LogP contribution in [-0.4, -0.2) is 22.6 Å². The number of rotatable bonds is 4. The average Bonchev–Trinajstić information content (AvgIpc) is 2.76. The zero-order valence-corrected chi connectivity index (χ0v) is 15.5. The first-order valence-corrected chi connectivity index (χ1v) is 9.68. The Morgan fingerprint density at radius 3 is 2.73 bits per heavy atom. The lowest BCUT2D eigenvalue weighted by Crippen LogP contribution is -2.57. The second kappa shape index (κ2) is 6.22. The van der Waals surface area contributed by atoms with Crippen molar-refractivity contribution in [1.82, 2.24) is 4.90 Å². The lowest BCUT2D eigenvalue weighted by atomic mass is 9.49. The zero-order chi connectivity index (χ0) is 18.4. The standard InChI is InChI=1S/C23H27NO2/c1-3-14-23-15-8-7-11-18-21(26)24(16-17-9-5-4-6-10-17)19(22(18,23)2)12-13-20(23)25/h3-10,18-19H,1,11-16H2,2H3/t18-,19-,22-,23+/m1/s1. The summed E-state index contributed by atoms with van der Waals surface area (Å²) in [6, 6.07) is 10.3. The largest absolute Gasteiger partial charge is 0.334 e. The second-order valence-electron chi connectivity index (χ2n) is 8.25. The summed E-state index contributed by atoms with van der Waals surface area (Å²) in [5.41, 5.74) is 0.338. The third-order valence-corrected chi connectivity index (χ3v) is 7.28. The Morgan fingerprint density at radius 2 is 2.00 bits per heavy atom. The summed E-state index contributed by atoms with van der Waals surface area (Å²) in [5.74, 6) is 0.428. The molecule has 4 atom stereocenters. The molecule has 26 heavy (non-hydrogen) atoms. The maximum atomic E-state index is 13.5. The van der Waals surface area contributed by atoms with Crippen LogP contribution in [0.5, 0.6) is 0 Å². The molecular formula is C23H27NO2. The molecule has 2 aliphatic carbocycles. The Morgan fingerprint density at radius 1 is 1.23 bits per heavy atom. The molecule has 3 nitrogen and oxygen atoms in total. The van der Waals surface area contributed by atoms with Gasteiger partial charge in [-0.2, -0.15) is 0 Å². The van der Waals surface area contributed by atoms with Gasteiger partial charge in [0.1, 0.15) is 5.78 Å². The van der Waals surface area contributed by atoms with E-state index in [9.17, 15) is 9.59 Å². The summed E-state index contributed by atoms with van der Waals surface area (Å²) in [4.78, 5) is 28.7. The number of carbonyl (C=O) groups is 2. The zero-order valence-electron chi connectivity index (χ0n) is 15.5. The Bertz CT molecular complexity index is 768. The maximum Gasteiger partial charge on any atom is 0.227 e. The quantitative estimate of drug-likeness (QED) is 0.760. The molecular weight excluding hydrogens is 322 g/mol. The summed E-state index contributed by atoms with van der Waals surface area (Å²) >= 11 is 0. The van der Waals surface area contributed by atoms with Crippen LogP contribution in [-0.2, 0) is 16.1 Å². The molecule has 0 N–H and O–H groups in total. The van der Waals surface area contributed by atoms with Crippen molar-refractivity contribution in [3.05, 3.63) is 60.7 Å². The molecule has 0 radical (unpaired) electrons. The van der Waals surface area contributed by atoms with E-state index in [1.54, 1.807) is 0 Å². The smallest absolute Gasteiger partial charge is 0.227 e. The Balaban J connectivity index is 1.80. The monoisotopic (exact) mass is 349 g/mol. The lowest BCUT2D eigenvalue weighted by molar-refractivity contribution is -0.147. The normalized spacial score (nSPS) is 36.0. The van der Waals surface area contributed by atoms with Crippen molar-refractivity contribution in [3.8, 4) is 0 Å². The number of likely N-dealkylation sites (tertiary alicyclic amines) is 1. The van der Waals surface area contributed by atoms with Crippen LogP contribution in [0.3, 0.4) is 0 Å². The highest BCUT2D eigenvalue weighted by molar-refractivity contribution is 5.92. The first kappa shape index (κ1) is 17.3. The first-order valence-electron chi connectivity index (χ1n) is 9.68. The van der Waals surface area contributed by atoms with Gasteiger partial charge >= 0.3 is 0 Å². The molecule has 0 spiro atoms. The van der Waals surface area contributed by atoms with Crippen LogP contribution in [0, 0.1) is 16.7 Å².